The van der Waals surface area contributed by atoms with Gasteiger partial charge in [-0.25, -0.2) is 9.36 Å². The third-order valence-corrected chi connectivity index (χ3v) is 25.1. The number of nitrogens with one attached hydrogen (secondary N) is 10. The van der Waals surface area contributed by atoms with Gasteiger partial charge in [0.1, 0.15) is 48.4 Å². The molecule has 0 radical (unpaired) electrons. The molecule has 3 aliphatic rings. The molecule has 764 valence electrons. The molecule has 1 unspecified atom stereocenters. The monoisotopic (exact) mass is 1960 g/mol. The number of hydrogen-bond acceptors (Lipinski definition) is 28. The third-order valence-electron chi connectivity index (χ3n) is 23.4. The highest BCUT2D eigenvalue weighted by Crippen LogP contribution is 2.50. The van der Waals surface area contributed by atoms with Crippen LogP contribution in [0.25, 0.3) is 0 Å². The smallest absolute Gasteiger partial charge is 0.464 e. The van der Waals surface area contributed by atoms with E-state index in [4.69, 9.17) is 57.7 Å². The fourth-order valence-corrected chi connectivity index (χ4v) is 17.2. The van der Waals surface area contributed by atoms with Gasteiger partial charge in [0, 0.05) is 78.0 Å². The average molecular weight is 1960 g/mol. The number of unbranched alkanes of at least 4 members (excludes halogenated alkanes) is 1. The van der Waals surface area contributed by atoms with Crippen LogP contribution >= 0.6 is 15.4 Å². The number of esters is 1. The zero-order valence-corrected chi connectivity index (χ0v) is 82.7. The van der Waals surface area contributed by atoms with Crippen molar-refractivity contribution in [3.63, 3.8) is 0 Å². The number of hydrogen-bond donors (Lipinski definition) is 14. The lowest BCUT2D eigenvalue weighted by molar-refractivity contribution is -0.148. The summed E-state index contributed by atoms with van der Waals surface area (Å²) in [5.41, 5.74) is 6.83. The number of rotatable bonds is 64. The highest BCUT2D eigenvalue weighted by Gasteiger charge is 2.46. The van der Waals surface area contributed by atoms with E-state index in [0.29, 0.717) is 54.7 Å². The van der Waals surface area contributed by atoms with Crippen LogP contribution in [0.1, 0.15) is 164 Å². The van der Waals surface area contributed by atoms with E-state index in [1.807, 2.05) is 60.5 Å². The minimum absolute atomic E-state index is 0.0134. The second-order valence-electron chi connectivity index (χ2n) is 35.2. The van der Waals surface area contributed by atoms with Gasteiger partial charge in [0.25, 0.3) is 11.8 Å². The Morgan fingerprint density at radius 1 is 0.610 bits per heavy atom. The molecule has 46 heteroatoms. The SMILES string of the molecule is CC[C@H](C)[C@@H]([C@@H](CC(=O)N1CCC[C@H]1[C@H](OC)[C@@H](C)C(=O)N[C@H](C)[C@@H](OP(=O)(O)OCc1ccc(NC(=O)[C@H](C)NC(=O)[C@@H](NC(=O)[C@H](CCCCN)NC(=O)[C@H](CC(=O)N[C@H]2CCOC2=O)NC(=O)CCOCCOCCOCCOCCNC(=O)[C@H](CNC(=O)CCP(=O)(O)O)N2C(=O)C=CC2=O)C(C)C)cc1)c1ccccc1)OC)N(C)C(=O)[C@@H](NC(=O)[C@H](C(C)C)N(C)C)C(C)C. The largest absolute Gasteiger partial charge is 0.473 e. The number of likely N-dealkylation sites (tertiary alicyclic amines) is 1. The second-order valence-corrected chi connectivity index (χ2v) is 38.4. The Kier molecular flexibility index (Phi) is 50.7. The van der Waals surface area contributed by atoms with Crippen LogP contribution in [0.5, 0.6) is 0 Å². The van der Waals surface area contributed by atoms with Gasteiger partial charge in [-0.2, -0.15) is 0 Å². The van der Waals surface area contributed by atoms with E-state index in [9.17, 15) is 85.9 Å². The maximum atomic E-state index is 14.7. The molecule has 0 saturated carbocycles. The quantitative estimate of drug-likeness (QED) is 0.0192. The number of carbonyl (C=O) groups excluding carboxylic acids is 15. The van der Waals surface area contributed by atoms with Crippen molar-refractivity contribution in [2.75, 3.05) is 132 Å². The Bertz CT molecular complexity index is 4350. The number of benzene rings is 2. The number of nitrogens with zero attached hydrogens (tertiary/aromatic N) is 4. The summed E-state index contributed by atoms with van der Waals surface area (Å²) in [6.45, 7) is 19.5. The number of phosphoric acid groups is 1. The van der Waals surface area contributed by atoms with Crippen molar-refractivity contribution in [2.24, 2.45) is 35.3 Å². The maximum absolute atomic E-state index is 14.7. The predicted octanol–water partition coefficient (Wildman–Crippen LogP) is 1.27. The lowest BCUT2D eigenvalue weighted by atomic mass is 9.89. The van der Waals surface area contributed by atoms with Crippen molar-refractivity contribution in [1.82, 2.24) is 67.5 Å². The van der Waals surface area contributed by atoms with Gasteiger partial charge < -0.3 is 117 Å². The van der Waals surface area contributed by atoms with Crippen LogP contribution < -0.4 is 58.9 Å². The van der Waals surface area contributed by atoms with Gasteiger partial charge >= 0.3 is 21.4 Å². The molecule has 2 aromatic rings. The summed E-state index contributed by atoms with van der Waals surface area (Å²) in [4.78, 5) is 238. The standard InChI is InChI=1S/C90H145N15O29P2/c1-17-57(8)79(103(14)89(119)77(55(4)5)101-88(118)78(56(6)7)102(12)13)69(126-15)51-75(111)104-39-23-27-67(104)80(127-16)58(9)82(112)94-59(10)81(62-24-19-18-20-25-62)134-136(124,125)133-53-61-28-30-63(31-29-61)96-83(113)60(11)95-87(117)76(54(2)3)100-84(114)64(26-21-22-37-91)99-85(115)66(50-72(108)97-65-34-41-132-90(65)120)98-71(107)35-40-128-43-45-130-47-48-131-46-44-129-42-38-92-86(116)68(105-73(109)32-33-74(105)110)52-93-70(106)36-49-135(121,122)123/h18-20,24-25,28-33,54-60,64-69,76-81H,17,21-23,26-27,34-53,91H2,1-16H3,(H,92,116)(H,93,106)(H,94,112)(H,95,117)(H,96,113)(H,97,108)(H,98,107)(H,99,115)(H,100,114)(H,101,118)(H,124,125)(H2,121,122,123)/t57-,58+,59+,60-,64-,65-,66-,67-,68-,69+,76-,77-,78-,79-,80+,81+/m0/s1. The van der Waals surface area contributed by atoms with Crippen molar-refractivity contribution in [2.45, 2.75) is 238 Å². The number of phosphoric ester groups is 1. The summed E-state index contributed by atoms with van der Waals surface area (Å²) in [6.07, 6.45) is -0.759. The third kappa shape index (κ3) is 39.0. The molecule has 5 rings (SSSR count). The number of nitrogens with two attached hydrogens (primary N) is 1. The Labute approximate surface area is 795 Å². The number of methoxy groups -OCH3 is 2. The first-order valence-corrected chi connectivity index (χ1v) is 49.4. The van der Waals surface area contributed by atoms with Crippen LogP contribution in [0.4, 0.5) is 5.69 Å². The van der Waals surface area contributed by atoms with Crippen molar-refractivity contribution >= 4 is 110 Å². The summed E-state index contributed by atoms with van der Waals surface area (Å²) in [5.74, 6) is -12.0. The highest BCUT2D eigenvalue weighted by atomic mass is 31.2. The topological polar surface area (TPSA) is 593 Å². The van der Waals surface area contributed by atoms with Crippen LogP contribution in [0.2, 0.25) is 0 Å². The molecule has 0 bridgehead atoms. The van der Waals surface area contributed by atoms with E-state index in [0.717, 1.165) is 12.2 Å². The van der Waals surface area contributed by atoms with E-state index in [2.05, 4.69) is 53.2 Å². The number of ether oxygens (including phenoxy) is 7. The van der Waals surface area contributed by atoms with Gasteiger partial charge in [0.05, 0.1) is 127 Å². The van der Waals surface area contributed by atoms with Crippen LogP contribution in [0.15, 0.2) is 66.7 Å². The van der Waals surface area contributed by atoms with Gasteiger partial charge in [0.2, 0.25) is 70.9 Å². The lowest BCUT2D eigenvalue weighted by Crippen LogP contribution is -2.59. The Balaban J connectivity index is 1.11. The second kappa shape index (κ2) is 59.0. The summed E-state index contributed by atoms with van der Waals surface area (Å²) >= 11 is 0. The molecule has 2 aromatic carbocycles. The summed E-state index contributed by atoms with van der Waals surface area (Å²) in [6, 6.07) is 2.98. The van der Waals surface area contributed by atoms with Gasteiger partial charge in [-0.1, -0.05) is 111 Å². The van der Waals surface area contributed by atoms with Crippen LogP contribution in [-0.2, 0) is 130 Å². The molecule has 14 amide bonds. The molecule has 44 nitrogen and oxygen atoms in total. The Morgan fingerprint density at radius 3 is 1.77 bits per heavy atom. The van der Waals surface area contributed by atoms with Gasteiger partial charge in [-0.05, 0) is 114 Å². The fraction of sp³-hybridized carbons (Fsp3) is 0.678. The van der Waals surface area contributed by atoms with Crippen LogP contribution in [0, 0.1) is 29.6 Å². The molecule has 0 spiro atoms. The Hall–Kier alpha value is -9.63. The van der Waals surface area contributed by atoms with Crippen molar-refractivity contribution < 1.29 is 138 Å². The van der Waals surface area contributed by atoms with E-state index >= 15 is 0 Å². The minimum Gasteiger partial charge on any atom is -0.464 e. The molecular weight excluding hydrogens is 1820 g/mol. The molecule has 136 heavy (non-hydrogen) atoms. The minimum atomic E-state index is -4.97. The predicted molar refractivity (Wildman–Crippen MR) is 496 cm³/mol. The zero-order valence-electron chi connectivity index (χ0n) is 80.9. The van der Waals surface area contributed by atoms with E-state index < -0.39 is 215 Å². The van der Waals surface area contributed by atoms with E-state index in [-0.39, 0.29) is 139 Å². The number of imide groups is 1. The number of amides is 14. The van der Waals surface area contributed by atoms with Gasteiger partial charge in [0.15, 0.2) is 0 Å². The molecule has 0 aromatic heterocycles. The zero-order chi connectivity index (χ0) is 101. The molecule has 15 N–H and O–H groups in total. The molecule has 0 aliphatic carbocycles. The summed E-state index contributed by atoms with van der Waals surface area (Å²) in [7, 11) is -1.19. The molecule has 3 aliphatic heterocycles. The van der Waals surface area contributed by atoms with Gasteiger partial charge in [-0.15, -0.1) is 0 Å². The summed E-state index contributed by atoms with van der Waals surface area (Å²) in [5, 5.41) is 26.4. The fourth-order valence-electron chi connectivity index (χ4n) is 15.8. The van der Waals surface area contributed by atoms with E-state index in [1.54, 1.807) is 74.9 Å². The average Bonchev–Trinajstić information content (AvgIpc) is 1.13. The molecule has 2 saturated heterocycles. The van der Waals surface area contributed by atoms with Crippen LogP contribution in [-0.4, -0.2) is 329 Å². The van der Waals surface area contributed by atoms with Crippen molar-refractivity contribution in [1.29, 1.82) is 0 Å². The number of likely N-dealkylation sites (N-methyl/N-ethyl adjacent to an activating group) is 2. The first kappa shape index (κ1) is 117. The first-order chi connectivity index (χ1) is 64.3. The molecule has 3 heterocycles. The molecule has 2 fully saturated rings. The molecular formula is C90H145N15O29P2. The molecule has 17 atom stereocenters. The van der Waals surface area contributed by atoms with Crippen molar-refractivity contribution in [3.8, 4) is 0 Å². The highest BCUT2D eigenvalue weighted by molar-refractivity contribution is 7.51. The summed E-state index contributed by atoms with van der Waals surface area (Å²) < 4.78 is 75.7. The van der Waals surface area contributed by atoms with Crippen molar-refractivity contribution in [3.05, 3.63) is 77.9 Å². The van der Waals surface area contributed by atoms with Crippen LogP contribution in [0.3, 0.4) is 0 Å². The van der Waals surface area contributed by atoms with Gasteiger partial charge in [-0.3, -0.25) is 90.5 Å². The Morgan fingerprint density at radius 2 is 1.21 bits per heavy atom. The number of anilines is 1. The maximum Gasteiger partial charge on any atom is 0.473 e. The number of carbonyl (C=O) groups is 15. The lowest BCUT2D eigenvalue weighted by Gasteiger charge is -2.41. The van der Waals surface area contributed by atoms with E-state index in [1.165, 1.54) is 45.4 Å². The normalized spacial score (nSPS) is 18.0. The number of cyclic esters (lactones) is 1. The first-order valence-electron chi connectivity index (χ1n) is 46.1.